The minimum atomic E-state index is -1.61. The van der Waals surface area contributed by atoms with Crippen molar-refractivity contribution in [3.05, 3.63) is 179 Å². The second-order valence-corrected chi connectivity index (χ2v) is 12.1. The fraction of sp³-hybridized carbons (Fsp3) is 0.268. The highest BCUT2D eigenvalue weighted by Gasteiger charge is 2.63. The Kier molecular flexibility index (Phi) is 12.1. The summed E-state index contributed by atoms with van der Waals surface area (Å²) in [5, 5.41) is 12.8. The van der Waals surface area contributed by atoms with Crippen molar-refractivity contribution < 1.29 is 28.9 Å². The Hall–Kier alpha value is -4.18. The van der Waals surface area contributed by atoms with Crippen LogP contribution in [0.4, 0.5) is 0 Å². The lowest BCUT2D eigenvalue weighted by molar-refractivity contribution is -0.182. The van der Waals surface area contributed by atoms with Crippen LogP contribution in [0.1, 0.15) is 27.8 Å². The van der Waals surface area contributed by atoms with Crippen LogP contribution in [0.5, 0.6) is 0 Å². The Morgan fingerprint density at radius 2 is 0.833 bits per heavy atom. The molecule has 5 aromatic rings. The summed E-state index contributed by atoms with van der Waals surface area (Å²) in [5.74, 6) is 0. The number of rotatable bonds is 17. The molecule has 0 heterocycles. The molecule has 0 radical (unpaired) electrons. The highest BCUT2D eigenvalue weighted by Crippen LogP contribution is 2.39. The quantitative estimate of drug-likeness (QED) is 0.108. The summed E-state index contributed by atoms with van der Waals surface area (Å²) in [7, 11) is 0. The highest BCUT2D eigenvalue weighted by molar-refractivity contribution is 5.20. The van der Waals surface area contributed by atoms with Crippen LogP contribution < -0.4 is 5.48 Å². The molecular formula is C41H43NO6. The second-order valence-electron chi connectivity index (χ2n) is 12.1. The van der Waals surface area contributed by atoms with E-state index in [0.717, 1.165) is 27.8 Å². The number of hydroxylamine groups is 1. The van der Waals surface area contributed by atoms with Gasteiger partial charge in [-0.05, 0) is 27.8 Å². The smallest absolute Gasteiger partial charge is 0.137 e. The minimum absolute atomic E-state index is 0.0515. The van der Waals surface area contributed by atoms with Crippen molar-refractivity contribution in [1.29, 1.82) is 0 Å². The third kappa shape index (κ3) is 9.04. The summed E-state index contributed by atoms with van der Waals surface area (Å²) >= 11 is 0. The van der Waals surface area contributed by atoms with Gasteiger partial charge in [-0.2, -0.15) is 5.48 Å². The lowest BCUT2D eigenvalue weighted by atomic mass is 9.96. The van der Waals surface area contributed by atoms with Crippen LogP contribution in [0.2, 0.25) is 0 Å². The fourth-order valence-corrected chi connectivity index (χ4v) is 6.05. The SMILES string of the molecule is O[C@@]1(COCc2ccccc2)[C@H](OCc2ccccc2)[C@H](OCc2ccccc2)[C@@H](OCc2ccccc2)[C@@H]1NOCc1ccccc1. The molecule has 48 heavy (non-hydrogen) atoms. The molecule has 7 nitrogen and oxygen atoms in total. The molecule has 0 aromatic heterocycles. The molecular weight excluding hydrogens is 602 g/mol. The van der Waals surface area contributed by atoms with Crippen molar-refractivity contribution in [2.45, 2.75) is 63.0 Å². The van der Waals surface area contributed by atoms with Gasteiger partial charge in [0.05, 0.1) is 45.7 Å². The van der Waals surface area contributed by atoms with E-state index in [4.69, 9.17) is 23.8 Å². The van der Waals surface area contributed by atoms with Gasteiger partial charge in [-0.1, -0.05) is 152 Å². The zero-order valence-electron chi connectivity index (χ0n) is 27.0. The number of aliphatic hydroxyl groups is 1. The lowest BCUT2D eigenvalue weighted by Gasteiger charge is -2.35. The lowest BCUT2D eigenvalue weighted by Crippen LogP contribution is -2.59. The van der Waals surface area contributed by atoms with E-state index < -0.39 is 30.0 Å². The van der Waals surface area contributed by atoms with Crippen molar-refractivity contribution in [3.63, 3.8) is 0 Å². The number of benzene rings is 5. The molecule has 6 rings (SSSR count). The summed E-state index contributed by atoms with van der Waals surface area (Å²) in [6.07, 6.45) is -2.19. The van der Waals surface area contributed by atoms with E-state index in [0.29, 0.717) is 19.8 Å². The maximum atomic E-state index is 12.8. The molecule has 5 atom stereocenters. The van der Waals surface area contributed by atoms with Crippen LogP contribution in [0, 0.1) is 0 Å². The third-order valence-electron chi connectivity index (χ3n) is 8.56. The van der Waals surface area contributed by atoms with Gasteiger partial charge < -0.3 is 24.1 Å². The monoisotopic (exact) mass is 645 g/mol. The summed E-state index contributed by atoms with van der Waals surface area (Å²) in [6.45, 7) is 1.43. The highest BCUT2D eigenvalue weighted by atomic mass is 16.7. The van der Waals surface area contributed by atoms with Crippen molar-refractivity contribution in [2.75, 3.05) is 6.61 Å². The Morgan fingerprint density at radius 3 is 1.29 bits per heavy atom. The standard InChI is InChI=1S/C41H43NO6/c43-41(31-44-26-32-16-6-1-7-17-32)39(42-48-30-36-24-14-5-15-25-36)37(45-27-33-18-8-2-9-19-33)38(46-28-34-20-10-3-11-21-34)40(41)47-29-35-22-12-4-13-23-35/h1-25,37-40,42-43H,26-31H2/t37-,38-,39+,40-,41-/m1/s1. The van der Waals surface area contributed by atoms with Gasteiger partial charge in [-0.25, -0.2) is 0 Å². The fourth-order valence-electron chi connectivity index (χ4n) is 6.05. The largest absolute Gasteiger partial charge is 0.383 e. The molecule has 0 bridgehead atoms. The Labute approximate surface area is 283 Å². The maximum Gasteiger partial charge on any atom is 0.137 e. The predicted octanol–water partition coefficient (Wildman–Crippen LogP) is 6.79. The van der Waals surface area contributed by atoms with Gasteiger partial charge in [-0.15, -0.1) is 0 Å². The molecule has 0 spiro atoms. The molecule has 7 heteroatoms. The van der Waals surface area contributed by atoms with Crippen LogP contribution in [-0.4, -0.2) is 41.7 Å². The molecule has 0 aliphatic heterocycles. The van der Waals surface area contributed by atoms with E-state index in [1.54, 1.807) is 0 Å². The van der Waals surface area contributed by atoms with E-state index in [2.05, 4.69) is 5.48 Å². The summed E-state index contributed by atoms with van der Waals surface area (Å²) in [4.78, 5) is 6.11. The van der Waals surface area contributed by atoms with Crippen LogP contribution in [0.25, 0.3) is 0 Å². The number of ether oxygens (including phenoxy) is 4. The van der Waals surface area contributed by atoms with Gasteiger partial charge in [0.2, 0.25) is 0 Å². The van der Waals surface area contributed by atoms with Crippen LogP contribution >= 0.6 is 0 Å². The van der Waals surface area contributed by atoms with Crippen molar-refractivity contribution in [3.8, 4) is 0 Å². The first kappa shape index (κ1) is 33.7. The zero-order valence-corrected chi connectivity index (χ0v) is 27.0. The molecule has 248 valence electrons. The zero-order chi connectivity index (χ0) is 32.9. The van der Waals surface area contributed by atoms with Gasteiger partial charge in [0.25, 0.3) is 0 Å². The second kappa shape index (κ2) is 17.3. The molecule has 1 saturated carbocycles. The van der Waals surface area contributed by atoms with E-state index in [-0.39, 0.29) is 19.8 Å². The predicted molar refractivity (Wildman–Crippen MR) is 184 cm³/mol. The van der Waals surface area contributed by atoms with E-state index >= 15 is 0 Å². The van der Waals surface area contributed by atoms with Crippen molar-refractivity contribution in [1.82, 2.24) is 5.48 Å². The normalized spacial score (nSPS) is 22.1. The first-order chi connectivity index (χ1) is 23.7. The van der Waals surface area contributed by atoms with Gasteiger partial charge in [-0.3, -0.25) is 4.84 Å². The average Bonchev–Trinajstić information content (AvgIpc) is 3.36. The third-order valence-corrected chi connectivity index (χ3v) is 8.56. The minimum Gasteiger partial charge on any atom is -0.383 e. The van der Waals surface area contributed by atoms with Gasteiger partial charge >= 0.3 is 0 Å². The van der Waals surface area contributed by atoms with Crippen LogP contribution in [0.15, 0.2) is 152 Å². The van der Waals surface area contributed by atoms with Crippen LogP contribution in [0.3, 0.4) is 0 Å². The Bertz CT molecular complexity index is 1610. The molecule has 1 fully saturated rings. The molecule has 1 aliphatic rings. The topological polar surface area (TPSA) is 78.4 Å². The summed E-state index contributed by atoms with van der Waals surface area (Å²) in [5.41, 5.74) is 6.56. The summed E-state index contributed by atoms with van der Waals surface area (Å²) in [6, 6.07) is 48.9. The van der Waals surface area contributed by atoms with E-state index in [1.165, 1.54) is 0 Å². The van der Waals surface area contributed by atoms with Crippen molar-refractivity contribution >= 4 is 0 Å². The van der Waals surface area contributed by atoms with E-state index in [9.17, 15) is 5.11 Å². The van der Waals surface area contributed by atoms with Gasteiger partial charge in [0.15, 0.2) is 0 Å². The maximum absolute atomic E-state index is 12.8. The van der Waals surface area contributed by atoms with Gasteiger partial charge in [0.1, 0.15) is 23.9 Å². The van der Waals surface area contributed by atoms with Crippen molar-refractivity contribution in [2.24, 2.45) is 0 Å². The molecule has 5 aromatic carbocycles. The number of nitrogens with one attached hydrogen (secondary N) is 1. The molecule has 2 N–H and O–H groups in total. The Morgan fingerprint density at radius 1 is 0.458 bits per heavy atom. The van der Waals surface area contributed by atoms with Crippen LogP contribution in [-0.2, 0) is 56.8 Å². The average molecular weight is 646 g/mol. The molecule has 1 aliphatic carbocycles. The Balaban J connectivity index is 1.32. The summed E-state index contributed by atoms with van der Waals surface area (Å²) < 4.78 is 26.3. The molecule has 0 saturated heterocycles. The molecule has 0 unspecified atom stereocenters. The number of hydrogen-bond donors (Lipinski definition) is 2. The van der Waals surface area contributed by atoms with E-state index in [1.807, 2.05) is 152 Å². The van der Waals surface area contributed by atoms with Gasteiger partial charge in [0, 0.05) is 0 Å². The first-order valence-corrected chi connectivity index (χ1v) is 16.4. The number of hydrogen-bond acceptors (Lipinski definition) is 7. The first-order valence-electron chi connectivity index (χ1n) is 16.4. The molecule has 0 amide bonds.